The maximum Gasteiger partial charge on any atom is 0.267 e. The van der Waals surface area contributed by atoms with E-state index in [9.17, 15) is 9.90 Å². The number of aromatic nitrogens is 2. The fraction of sp³-hybridized carbons (Fsp3) is 0.333. The summed E-state index contributed by atoms with van der Waals surface area (Å²) in [5, 5.41) is 14.4. The highest BCUT2D eigenvalue weighted by Crippen LogP contribution is 2.20. The minimum absolute atomic E-state index is 0.0975. The normalized spacial score (nSPS) is 12.2. The first-order valence-corrected chi connectivity index (χ1v) is 6.38. The average Bonchev–Trinajstić information content (AvgIpc) is 2.43. The molecule has 1 aromatic carbocycles. The number of hydrogen-bond donors (Lipinski definition) is 1. The summed E-state index contributed by atoms with van der Waals surface area (Å²) in [6.07, 6.45) is -0.785. The van der Waals surface area contributed by atoms with Crippen molar-refractivity contribution >= 4 is 0 Å². The molecule has 5 nitrogen and oxygen atoms in total. The van der Waals surface area contributed by atoms with Crippen LogP contribution in [0, 0.1) is 13.8 Å². The molecule has 0 radical (unpaired) electrons. The Hall–Kier alpha value is -2.14. The maximum atomic E-state index is 11.7. The highest BCUT2D eigenvalue weighted by atomic mass is 16.5. The van der Waals surface area contributed by atoms with Gasteiger partial charge in [-0.05, 0) is 25.0 Å². The van der Waals surface area contributed by atoms with E-state index in [4.69, 9.17) is 4.74 Å². The van der Waals surface area contributed by atoms with Crippen LogP contribution in [-0.2, 0) is 6.54 Å². The lowest BCUT2D eigenvalue weighted by molar-refractivity contribution is 0.147. The fourth-order valence-electron chi connectivity index (χ4n) is 2.05. The average molecular weight is 274 g/mol. The van der Waals surface area contributed by atoms with Crippen molar-refractivity contribution in [1.29, 1.82) is 0 Å². The van der Waals surface area contributed by atoms with Crippen molar-refractivity contribution in [2.45, 2.75) is 26.5 Å². The van der Waals surface area contributed by atoms with Gasteiger partial charge >= 0.3 is 0 Å². The first-order valence-electron chi connectivity index (χ1n) is 6.38. The number of methoxy groups -OCH3 is 1. The molecule has 1 atom stereocenters. The Labute approximate surface area is 117 Å². The lowest BCUT2D eigenvalue weighted by Crippen LogP contribution is -2.25. The van der Waals surface area contributed by atoms with E-state index in [0.29, 0.717) is 5.88 Å². The highest BCUT2D eigenvalue weighted by Gasteiger charge is 2.13. The van der Waals surface area contributed by atoms with E-state index in [1.54, 1.807) is 0 Å². The van der Waals surface area contributed by atoms with Crippen LogP contribution in [0.15, 0.2) is 35.1 Å². The van der Waals surface area contributed by atoms with E-state index in [1.165, 1.54) is 23.9 Å². The summed E-state index contributed by atoms with van der Waals surface area (Å²) in [4.78, 5) is 11.7. The molecule has 0 bridgehead atoms. The number of nitrogens with zero attached hydrogens (tertiary/aromatic N) is 2. The van der Waals surface area contributed by atoms with Gasteiger partial charge in [0.15, 0.2) is 0 Å². The smallest absolute Gasteiger partial charge is 0.267 e. The Kier molecular flexibility index (Phi) is 4.20. The first kappa shape index (κ1) is 14.3. The molecule has 0 aliphatic rings. The zero-order valence-electron chi connectivity index (χ0n) is 11.8. The molecule has 2 rings (SSSR count). The van der Waals surface area contributed by atoms with Crippen LogP contribution >= 0.6 is 0 Å². The van der Waals surface area contributed by atoms with E-state index in [0.717, 1.165) is 16.7 Å². The molecular weight excluding hydrogens is 256 g/mol. The van der Waals surface area contributed by atoms with Crippen molar-refractivity contribution in [3.63, 3.8) is 0 Å². The van der Waals surface area contributed by atoms with Crippen LogP contribution in [0.1, 0.15) is 22.8 Å². The third-order valence-corrected chi connectivity index (χ3v) is 3.19. The van der Waals surface area contributed by atoms with Crippen LogP contribution in [0.5, 0.6) is 5.88 Å². The number of rotatable bonds is 4. The van der Waals surface area contributed by atoms with Crippen molar-refractivity contribution in [3.8, 4) is 5.88 Å². The number of benzene rings is 1. The van der Waals surface area contributed by atoms with E-state index in [1.807, 2.05) is 32.0 Å². The number of ether oxygens (including phenoxy) is 1. The van der Waals surface area contributed by atoms with Gasteiger partial charge in [0.05, 0.1) is 19.8 Å². The lowest BCUT2D eigenvalue weighted by Gasteiger charge is -2.15. The minimum Gasteiger partial charge on any atom is -0.480 e. The van der Waals surface area contributed by atoms with E-state index >= 15 is 0 Å². The van der Waals surface area contributed by atoms with Gasteiger partial charge in [-0.2, -0.15) is 0 Å². The fourth-order valence-corrected chi connectivity index (χ4v) is 2.05. The lowest BCUT2D eigenvalue weighted by atomic mass is 10.0. The zero-order valence-corrected chi connectivity index (χ0v) is 11.8. The van der Waals surface area contributed by atoms with Crippen LogP contribution in [0.25, 0.3) is 0 Å². The summed E-state index contributed by atoms with van der Waals surface area (Å²) in [5.74, 6) is 0.345. The molecule has 0 aliphatic carbocycles. The Morgan fingerprint density at radius 1 is 1.30 bits per heavy atom. The van der Waals surface area contributed by atoms with Crippen molar-refractivity contribution < 1.29 is 9.84 Å². The summed E-state index contributed by atoms with van der Waals surface area (Å²) >= 11 is 0. The van der Waals surface area contributed by atoms with Crippen molar-refractivity contribution in [3.05, 3.63) is 57.4 Å². The van der Waals surface area contributed by atoms with E-state index < -0.39 is 6.10 Å². The Bertz CT molecular complexity index is 664. The third kappa shape index (κ3) is 3.05. The number of hydrogen-bond acceptors (Lipinski definition) is 4. The van der Waals surface area contributed by atoms with Gasteiger partial charge in [-0.15, -0.1) is 5.10 Å². The van der Waals surface area contributed by atoms with E-state index in [2.05, 4.69) is 5.10 Å². The molecule has 0 aliphatic heterocycles. The van der Waals surface area contributed by atoms with Gasteiger partial charge in [-0.1, -0.05) is 23.8 Å². The van der Waals surface area contributed by atoms with Gasteiger partial charge in [0.1, 0.15) is 0 Å². The van der Waals surface area contributed by atoms with Crippen LogP contribution < -0.4 is 10.3 Å². The molecule has 0 spiro atoms. The summed E-state index contributed by atoms with van der Waals surface area (Å²) in [6, 6.07) is 8.74. The van der Waals surface area contributed by atoms with Gasteiger partial charge in [0.25, 0.3) is 5.56 Å². The molecule has 0 amide bonds. The SMILES string of the molecule is COc1ccc(=O)n(CC(O)c2cc(C)ccc2C)n1. The molecule has 2 aromatic rings. The van der Waals surface area contributed by atoms with Crippen LogP contribution in [-0.4, -0.2) is 22.0 Å². The predicted molar refractivity (Wildman–Crippen MR) is 75.9 cm³/mol. The second-order valence-electron chi connectivity index (χ2n) is 4.77. The molecule has 20 heavy (non-hydrogen) atoms. The van der Waals surface area contributed by atoms with Crippen molar-refractivity contribution in [2.75, 3.05) is 7.11 Å². The Morgan fingerprint density at radius 3 is 2.75 bits per heavy atom. The predicted octanol–water partition coefficient (Wildman–Crippen LogP) is 1.60. The first-order chi connectivity index (χ1) is 9.51. The Balaban J connectivity index is 2.29. The molecule has 1 unspecified atom stereocenters. The van der Waals surface area contributed by atoms with Gasteiger partial charge in [-0.25, -0.2) is 4.68 Å². The van der Waals surface area contributed by atoms with Crippen molar-refractivity contribution in [2.24, 2.45) is 0 Å². The molecular formula is C15H18N2O3. The zero-order chi connectivity index (χ0) is 14.7. The molecule has 0 fully saturated rings. The third-order valence-electron chi connectivity index (χ3n) is 3.19. The minimum atomic E-state index is -0.785. The standard InChI is InChI=1S/C15H18N2O3/c1-10-4-5-11(2)12(8-10)13(18)9-17-15(19)7-6-14(16-17)20-3/h4-8,13,18H,9H2,1-3H3. The van der Waals surface area contributed by atoms with Crippen LogP contribution in [0.4, 0.5) is 0 Å². The number of aliphatic hydroxyl groups is 1. The van der Waals surface area contributed by atoms with Gasteiger partial charge < -0.3 is 9.84 Å². The molecule has 106 valence electrons. The monoisotopic (exact) mass is 274 g/mol. The molecule has 0 saturated heterocycles. The molecule has 1 N–H and O–H groups in total. The molecule has 1 aromatic heterocycles. The molecule has 0 saturated carbocycles. The molecule has 1 heterocycles. The summed E-state index contributed by atoms with van der Waals surface area (Å²) in [5.41, 5.74) is 2.59. The number of aryl methyl sites for hydroxylation is 2. The highest BCUT2D eigenvalue weighted by molar-refractivity contribution is 5.32. The van der Waals surface area contributed by atoms with Gasteiger partial charge in [0.2, 0.25) is 5.88 Å². The van der Waals surface area contributed by atoms with Crippen LogP contribution in [0.3, 0.4) is 0 Å². The second-order valence-corrected chi connectivity index (χ2v) is 4.77. The summed E-state index contributed by atoms with van der Waals surface area (Å²) in [6.45, 7) is 3.99. The largest absolute Gasteiger partial charge is 0.480 e. The summed E-state index contributed by atoms with van der Waals surface area (Å²) in [7, 11) is 1.48. The quantitative estimate of drug-likeness (QED) is 0.919. The van der Waals surface area contributed by atoms with E-state index in [-0.39, 0.29) is 12.1 Å². The topological polar surface area (TPSA) is 64.3 Å². The molecule has 5 heteroatoms. The number of aliphatic hydroxyl groups excluding tert-OH is 1. The van der Waals surface area contributed by atoms with Gasteiger partial charge in [-0.3, -0.25) is 4.79 Å². The maximum absolute atomic E-state index is 11.7. The van der Waals surface area contributed by atoms with Crippen LogP contribution in [0.2, 0.25) is 0 Å². The Morgan fingerprint density at radius 2 is 2.05 bits per heavy atom. The van der Waals surface area contributed by atoms with Gasteiger partial charge in [0, 0.05) is 12.1 Å². The second kappa shape index (κ2) is 5.88. The summed E-state index contributed by atoms with van der Waals surface area (Å²) < 4.78 is 6.20. The van der Waals surface area contributed by atoms with Crippen molar-refractivity contribution in [1.82, 2.24) is 9.78 Å².